The van der Waals surface area contributed by atoms with Crippen molar-refractivity contribution in [2.24, 2.45) is 29.6 Å². The van der Waals surface area contributed by atoms with E-state index in [0.29, 0.717) is 23.3 Å². The third-order valence-corrected chi connectivity index (χ3v) is 5.71. The third kappa shape index (κ3) is 2.11. The Hall–Kier alpha value is -1.12. The molecule has 3 rings (SSSR count). The molecule has 0 aromatic rings. The van der Waals surface area contributed by atoms with Crippen LogP contribution in [0.4, 0.5) is 0 Å². The van der Waals surface area contributed by atoms with Gasteiger partial charge in [-0.3, -0.25) is 9.59 Å². The number of carbonyl (C=O) groups is 2. The molecule has 6 unspecified atom stereocenters. The van der Waals surface area contributed by atoms with Crippen LogP contribution in [0, 0.1) is 29.6 Å². The Labute approximate surface area is 120 Å². The first-order chi connectivity index (χ1) is 9.51. The van der Waals surface area contributed by atoms with Crippen molar-refractivity contribution in [1.82, 2.24) is 0 Å². The second kappa shape index (κ2) is 5.01. The molecule has 0 radical (unpaired) electrons. The van der Waals surface area contributed by atoms with Gasteiger partial charge in [-0.05, 0) is 62.4 Å². The van der Waals surface area contributed by atoms with Gasteiger partial charge in [0.25, 0.3) is 0 Å². The summed E-state index contributed by atoms with van der Waals surface area (Å²) in [4.78, 5) is 24.1. The summed E-state index contributed by atoms with van der Waals surface area (Å²) in [5, 5.41) is 0. The first-order valence-electron chi connectivity index (χ1n) is 7.91. The maximum atomic E-state index is 12.3. The van der Waals surface area contributed by atoms with E-state index in [0.717, 1.165) is 32.1 Å². The zero-order valence-corrected chi connectivity index (χ0v) is 12.4. The molecular formula is C17H24O3. The minimum absolute atomic E-state index is 0.0250. The molecule has 0 amide bonds. The number of hydrogen-bond donors (Lipinski definition) is 0. The zero-order valence-electron chi connectivity index (χ0n) is 12.4. The summed E-state index contributed by atoms with van der Waals surface area (Å²) in [6.45, 7) is 7.66. The number of Topliss-reactive ketones (excluding diaryl/α,β-unsaturated/α-hetero) is 1. The average molecular weight is 276 g/mol. The van der Waals surface area contributed by atoms with Crippen molar-refractivity contribution in [3.05, 3.63) is 12.2 Å². The summed E-state index contributed by atoms with van der Waals surface area (Å²) < 4.78 is 5.62. The summed E-state index contributed by atoms with van der Waals surface area (Å²) in [6, 6.07) is 0. The highest BCUT2D eigenvalue weighted by atomic mass is 16.6. The Bertz CT molecular complexity index is 453. The van der Waals surface area contributed by atoms with Gasteiger partial charge in [0.1, 0.15) is 6.10 Å². The molecule has 3 heteroatoms. The number of allylic oxidation sites excluding steroid dienone is 1. The van der Waals surface area contributed by atoms with Crippen LogP contribution in [0.3, 0.4) is 0 Å². The van der Waals surface area contributed by atoms with Gasteiger partial charge in [-0.25, -0.2) is 0 Å². The Balaban J connectivity index is 1.72. The largest absolute Gasteiger partial charge is 0.462 e. The average Bonchev–Trinajstić information content (AvgIpc) is 3.09. The number of esters is 1. The molecule has 0 spiro atoms. The van der Waals surface area contributed by atoms with Crippen molar-refractivity contribution in [3.63, 3.8) is 0 Å². The number of rotatable bonds is 4. The second-order valence-corrected chi connectivity index (χ2v) is 6.97. The Kier molecular flexibility index (Phi) is 3.47. The molecule has 2 saturated carbocycles. The molecular weight excluding hydrogens is 252 g/mol. The van der Waals surface area contributed by atoms with Crippen LogP contribution < -0.4 is 0 Å². The lowest BCUT2D eigenvalue weighted by molar-refractivity contribution is -0.147. The Morgan fingerprint density at radius 1 is 1.25 bits per heavy atom. The second-order valence-electron chi connectivity index (χ2n) is 6.97. The van der Waals surface area contributed by atoms with Gasteiger partial charge in [-0.2, -0.15) is 0 Å². The highest BCUT2D eigenvalue weighted by Crippen LogP contribution is 2.55. The molecule has 1 saturated heterocycles. The molecule has 1 heterocycles. The molecule has 2 aliphatic carbocycles. The normalized spacial score (nSPS) is 42.8. The number of fused-ring (bicyclic) bond motifs is 2. The molecule has 3 fully saturated rings. The molecule has 20 heavy (non-hydrogen) atoms. The van der Waals surface area contributed by atoms with Crippen LogP contribution in [0.25, 0.3) is 0 Å². The third-order valence-electron chi connectivity index (χ3n) is 5.71. The van der Waals surface area contributed by atoms with E-state index in [2.05, 4.69) is 6.58 Å². The number of ketones is 1. The number of cyclic esters (lactones) is 1. The van der Waals surface area contributed by atoms with Crippen LogP contribution in [0.15, 0.2) is 12.2 Å². The van der Waals surface area contributed by atoms with E-state index in [1.54, 1.807) is 0 Å². The first kappa shape index (κ1) is 13.8. The minimum Gasteiger partial charge on any atom is -0.462 e. The lowest BCUT2D eigenvalue weighted by atomic mass is 9.74. The summed E-state index contributed by atoms with van der Waals surface area (Å²) in [6.07, 6.45) is 5.08. The van der Waals surface area contributed by atoms with Crippen molar-refractivity contribution in [2.45, 2.75) is 52.1 Å². The lowest BCUT2D eigenvalue weighted by Gasteiger charge is -2.31. The smallest absolute Gasteiger partial charge is 0.309 e. The Morgan fingerprint density at radius 2 is 1.95 bits per heavy atom. The van der Waals surface area contributed by atoms with E-state index >= 15 is 0 Å². The van der Waals surface area contributed by atoms with Crippen molar-refractivity contribution in [1.29, 1.82) is 0 Å². The van der Waals surface area contributed by atoms with Gasteiger partial charge in [-0.1, -0.05) is 13.5 Å². The lowest BCUT2D eigenvalue weighted by Crippen LogP contribution is -2.34. The van der Waals surface area contributed by atoms with Crippen molar-refractivity contribution in [3.8, 4) is 0 Å². The SMILES string of the molecule is C=C(C)C(=O)C1CC2CC(C3CC(CC)C(=O)O3)C1C2. The first-order valence-corrected chi connectivity index (χ1v) is 7.91. The summed E-state index contributed by atoms with van der Waals surface area (Å²) in [7, 11) is 0. The van der Waals surface area contributed by atoms with E-state index in [1.165, 1.54) is 0 Å². The molecule has 3 aliphatic rings. The quantitative estimate of drug-likeness (QED) is 0.585. The summed E-state index contributed by atoms with van der Waals surface area (Å²) in [5.74, 6) is 1.89. The van der Waals surface area contributed by atoms with E-state index in [1.807, 2.05) is 13.8 Å². The van der Waals surface area contributed by atoms with Gasteiger partial charge in [-0.15, -0.1) is 0 Å². The molecule has 3 nitrogen and oxygen atoms in total. The van der Waals surface area contributed by atoms with E-state index in [-0.39, 0.29) is 29.7 Å². The van der Waals surface area contributed by atoms with Gasteiger partial charge in [0, 0.05) is 5.92 Å². The molecule has 0 aromatic heterocycles. The molecule has 0 N–H and O–H groups in total. The van der Waals surface area contributed by atoms with Crippen LogP contribution in [0.2, 0.25) is 0 Å². The monoisotopic (exact) mass is 276 g/mol. The summed E-state index contributed by atoms with van der Waals surface area (Å²) >= 11 is 0. The fourth-order valence-electron chi connectivity index (χ4n) is 4.72. The predicted molar refractivity (Wildman–Crippen MR) is 75.9 cm³/mol. The fraction of sp³-hybridized carbons (Fsp3) is 0.765. The topological polar surface area (TPSA) is 43.4 Å². The maximum absolute atomic E-state index is 12.3. The highest BCUT2D eigenvalue weighted by molar-refractivity contribution is 5.96. The van der Waals surface area contributed by atoms with Gasteiger partial charge < -0.3 is 4.74 Å². The Morgan fingerprint density at radius 3 is 2.50 bits per heavy atom. The van der Waals surface area contributed by atoms with Gasteiger partial charge in [0.2, 0.25) is 0 Å². The predicted octanol–water partition coefficient (Wildman–Crippen LogP) is 3.14. The van der Waals surface area contributed by atoms with Gasteiger partial charge >= 0.3 is 5.97 Å². The van der Waals surface area contributed by atoms with E-state index in [9.17, 15) is 9.59 Å². The van der Waals surface area contributed by atoms with Crippen LogP contribution in [-0.4, -0.2) is 17.9 Å². The molecule has 110 valence electrons. The standard InChI is InChI=1S/C17H24O3/c1-4-11-8-15(20-17(11)19)13-6-10-5-12(13)14(7-10)16(18)9(2)3/h10-15H,2,4-8H2,1,3H3. The van der Waals surface area contributed by atoms with Gasteiger partial charge in [0.05, 0.1) is 5.92 Å². The minimum atomic E-state index is -0.0250. The van der Waals surface area contributed by atoms with Crippen molar-refractivity contribution in [2.75, 3.05) is 0 Å². The maximum Gasteiger partial charge on any atom is 0.309 e. The van der Waals surface area contributed by atoms with Crippen molar-refractivity contribution >= 4 is 11.8 Å². The van der Waals surface area contributed by atoms with Crippen LogP contribution >= 0.6 is 0 Å². The van der Waals surface area contributed by atoms with Crippen LogP contribution in [0.5, 0.6) is 0 Å². The van der Waals surface area contributed by atoms with E-state index < -0.39 is 0 Å². The molecule has 1 aliphatic heterocycles. The molecule has 2 bridgehead atoms. The fourth-order valence-corrected chi connectivity index (χ4v) is 4.72. The zero-order chi connectivity index (χ0) is 14.4. The highest BCUT2D eigenvalue weighted by Gasteiger charge is 2.53. The molecule has 6 atom stereocenters. The molecule has 0 aromatic carbocycles. The van der Waals surface area contributed by atoms with Crippen LogP contribution in [0.1, 0.15) is 46.0 Å². The number of hydrogen-bond acceptors (Lipinski definition) is 3. The van der Waals surface area contributed by atoms with E-state index in [4.69, 9.17) is 4.74 Å². The van der Waals surface area contributed by atoms with Crippen molar-refractivity contribution < 1.29 is 14.3 Å². The number of ether oxygens (including phenoxy) is 1. The summed E-state index contributed by atoms with van der Waals surface area (Å²) in [5.41, 5.74) is 0.677. The van der Waals surface area contributed by atoms with Gasteiger partial charge in [0.15, 0.2) is 5.78 Å². The number of carbonyl (C=O) groups excluding carboxylic acids is 2. The van der Waals surface area contributed by atoms with Crippen LogP contribution in [-0.2, 0) is 14.3 Å².